The largest absolute Gasteiger partial charge is 0.493 e. The van der Waals surface area contributed by atoms with Crippen molar-refractivity contribution in [1.29, 1.82) is 0 Å². The average molecular weight is 268 g/mol. The Kier molecular flexibility index (Phi) is 3.49. The van der Waals surface area contributed by atoms with E-state index < -0.39 is 5.60 Å². The molecule has 3 rings (SSSR count). The fraction of sp³-hybridized carbons (Fsp3) is 0.333. The Morgan fingerprint density at radius 3 is 2.55 bits per heavy atom. The van der Waals surface area contributed by atoms with Crippen LogP contribution in [0.4, 0.5) is 0 Å². The van der Waals surface area contributed by atoms with Crippen molar-refractivity contribution in [3.05, 3.63) is 65.2 Å². The molecule has 0 spiro atoms. The van der Waals surface area contributed by atoms with E-state index in [-0.39, 0.29) is 0 Å². The summed E-state index contributed by atoms with van der Waals surface area (Å²) in [5.41, 5.74) is 2.69. The van der Waals surface area contributed by atoms with Crippen LogP contribution in [0.25, 0.3) is 0 Å². The van der Waals surface area contributed by atoms with Crippen LogP contribution < -0.4 is 4.74 Å². The lowest BCUT2D eigenvalue weighted by Gasteiger charge is -2.35. The van der Waals surface area contributed by atoms with Crippen molar-refractivity contribution in [2.75, 3.05) is 6.61 Å². The van der Waals surface area contributed by atoms with E-state index in [1.165, 1.54) is 11.1 Å². The molecule has 0 bridgehead atoms. The van der Waals surface area contributed by atoms with Crippen LogP contribution in [0.1, 0.15) is 30.0 Å². The Hall–Kier alpha value is -1.80. The minimum absolute atomic E-state index is 0.615. The zero-order chi connectivity index (χ0) is 14.0. The summed E-state index contributed by atoms with van der Waals surface area (Å²) in [5.74, 6) is 0.803. The van der Waals surface area contributed by atoms with Gasteiger partial charge in [-0.3, -0.25) is 0 Å². The van der Waals surface area contributed by atoms with Gasteiger partial charge in [0.25, 0.3) is 0 Å². The third-order valence-corrected chi connectivity index (χ3v) is 4.10. The summed E-state index contributed by atoms with van der Waals surface area (Å²) in [6.45, 7) is 2.58. The molecule has 0 amide bonds. The smallest absolute Gasteiger partial charge is 0.125 e. The van der Waals surface area contributed by atoms with Gasteiger partial charge < -0.3 is 9.84 Å². The highest BCUT2D eigenvalue weighted by molar-refractivity contribution is 5.42. The molecule has 2 aromatic rings. The topological polar surface area (TPSA) is 29.5 Å². The van der Waals surface area contributed by atoms with Crippen molar-refractivity contribution < 1.29 is 9.84 Å². The van der Waals surface area contributed by atoms with E-state index in [1.54, 1.807) is 0 Å². The number of ether oxygens (including phenoxy) is 1. The zero-order valence-corrected chi connectivity index (χ0v) is 11.8. The fourth-order valence-corrected chi connectivity index (χ4v) is 3.08. The number of aliphatic hydroxyl groups is 1. The molecule has 0 saturated carbocycles. The molecule has 0 fully saturated rings. The molecule has 1 atom stereocenters. The van der Waals surface area contributed by atoms with Crippen molar-refractivity contribution in [2.45, 2.75) is 31.8 Å². The van der Waals surface area contributed by atoms with Gasteiger partial charge in [-0.15, -0.1) is 0 Å². The molecule has 0 radical (unpaired) electrons. The first-order chi connectivity index (χ1) is 9.73. The van der Waals surface area contributed by atoms with Crippen LogP contribution >= 0.6 is 0 Å². The van der Waals surface area contributed by atoms with Crippen LogP contribution in [-0.2, 0) is 18.4 Å². The molecule has 20 heavy (non-hydrogen) atoms. The van der Waals surface area contributed by atoms with Gasteiger partial charge in [-0.2, -0.15) is 0 Å². The number of hydrogen-bond donors (Lipinski definition) is 1. The molecule has 0 saturated heterocycles. The Balaban J connectivity index is 1.98. The SMILES string of the molecule is CCOc1ccccc1C1(O)CCc2ccccc2C1. The van der Waals surface area contributed by atoms with Crippen molar-refractivity contribution in [1.82, 2.24) is 0 Å². The van der Waals surface area contributed by atoms with Crippen LogP contribution in [0, 0.1) is 0 Å². The molecule has 2 aromatic carbocycles. The van der Waals surface area contributed by atoms with Gasteiger partial charge in [0.2, 0.25) is 0 Å². The molecular weight excluding hydrogens is 248 g/mol. The van der Waals surface area contributed by atoms with Gasteiger partial charge in [-0.1, -0.05) is 42.5 Å². The number of fused-ring (bicyclic) bond motifs is 1. The van der Waals surface area contributed by atoms with E-state index in [1.807, 2.05) is 37.3 Å². The minimum Gasteiger partial charge on any atom is -0.493 e. The number of benzene rings is 2. The van der Waals surface area contributed by atoms with E-state index in [0.717, 1.165) is 24.2 Å². The second-order valence-corrected chi connectivity index (χ2v) is 5.41. The summed E-state index contributed by atoms with van der Waals surface area (Å²) in [7, 11) is 0. The molecule has 2 heteroatoms. The molecule has 1 aliphatic carbocycles. The predicted molar refractivity (Wildman–Crippen MR) is 80.0 cm³/mol. The molecule has 0 heterocycles. The quantitative estimate of drug-likeness (QED) is 0.923. The van der Waals surface area contributed by atoms with Gasteiger partial charge in [-0.25, -0.2) is 0 Å². The number of aryl methyl sites for hydroxylation is 1. The maximum Gasteiger partial charge on any atom is 0.125 e. The molecule has 1 unspecified atom stereocenters. The van der Waals surface area contributed by atoms with Crippen LogP contribution in [0.2, 0.25) is 0 Å². The zero-order valence-electron chi connectivity index (χ0n) is 11.8. The van der Waals surface area contributed by atoms with E-state index in [4.69, 9.17) is 4.74 Å². The monoisotopic (exact) mass is 268 g/mol. The van der Waals surface area contributed by atoms with Crippen molar-refractivity contribution in [2.24, 2.45) is 0 Å². The van der Waals surface area contributed by atoms with Gasteiger partial charge in [0.1, 0.15) is 5.75 Å². The first-order valence-electron chi connectivity index (χ1n) is 7.24. The Labute approximate surface area is 120 Å². The number of para-hydroxylation sites is 1. The number of rotatable bonds is 3. The standard InChI is InChI=1S/C18H20O2/c1-2-20-17-10-6-5-9-16(17)18(19)12-11-14-7-3-4-8-15(14)13-18/h3-10,19H,2,11-13H2,1H3. The van der Waals surface area contributed by atoms with Crippen molar-refractivity contribution in [3.8, 4) is 5.75 Å². The van der Waals surface area contributed by atoms with Gasteiger partial charge in [-0.05, 0) is 37.0 Å². The number of hydrogen-bond acceptors (Lipinski definition) is 2. The molecular formula is C18H20O2. The van der Waals surface area contributed by atoms with Gasteiger partial charge >= 0.3 is 0 Å². The van der Waals surface area contributed by atoms with E-state index in [2.05, 4.69) is 18.2 Å². The highest BCUT2D eigenvalue weighted by atomic mass is 16.5. The molecule has 104 valence electrons. The first kappa shape index (κ1) is 13.2. The van der Waals surface area contributed by atoms with Crippen LogP contribution in [0.3, 0.4) is 0 Å². The summed E-state index contributed by atoms with van der Waals surface area (Å²) < 4.78 is 5.68. The Morgan fingerprint density at radius 1 is 1.05 bits per heavy atom. The lowest BCUT2D eigenvalue weighted by atomic mass is 9.76. The fourth-order valence-electron chi connectivity index (χ4n) is 3.08. The molecule has 1 N–H and O–H groups in total. The van der Waals surface area contributed by atoms with Gasteiger partial charge in [0.15, 0.2) is 0 Å². The highest BCUT2D eigenvalue weighted by Gasteiger charge is 2.35. The molecule has 1 aliphatic rings. The summed E-state index contributed by atoms with van der Waals surface area (Å²) in [5, 5.41) is 11.1. The molecule has 0 aliphatic heterocycles. The van der Waals surface area contributed by atoms with Crippen LogP contribution in [0.15, 0.2) is 48.5 Å². The maximum atomic E-state index is 11.1. The average Bonchev–Trinajstić information content (AvgIpc) is 2.48. The van der Waals surface area contributed by atoms with Crippen LogP contribution in [0.5, 0.6) is 5.75 Å². The summed E-state index contributed by atoms with van der Waals surface area (Å²) in [6, 6.07) is 16.2. The molecule has 2 nitrogen and oxygen atoms in total. The predicted octanol–water partition coefficient (Wildman–Crippen LogP) is 3.46. The van der Waals surface area contributed by atoms with Gasteiger partial charge in [0.05, 0.1) is 12.2 Å². The van der Waals surface area contributed by atoms with Gasteiger partial charge in [0, 0.05) is 12.0 Å². The lowest BCUT2D eigenvalue weighted by Crippen LogP contribution is -2.33. The Bertz CT molecular complexity index is 606. The van der Waals surface area contributed by atoms with E-state index in [0.29, 0.717) is 13.0 Å². The highest BCUT2D eigenvalue weighted by Crippen LogP contribution is 2.40. The second-order valence-electron chi connectivity index (χ2n) is 5.41. The minimum atomic E-state index is -0.819. The third-order valence-electron chi connectivity index (χ3n) is 4.10. The summed E-state index contributed by atoms with van der Waals surface area (Å²) >= 11 is 0. The second kappa shape index (κ2) is 5.29. The third kappa shape index (κ3) is 2.32. The van der Waals surface area contributed by atoms with Crippen molar-refractivity contribution in [3.63, 3.8) is 0 Å². The first-order valence-corrected chi connectivity index (χ1v) is 7.24. The van der Waals surface area contributed by atoms with E-state index in [9.17, 15) is 5.11 Å². The van der Waals surface area contributed by atoms with Crippen LogP contribution in [-0.4, -0.2) is 11.7 Å². The van der Waals surface area contributed by atoms with Crippen molar-refractivity contribution >= 4 is 0 Å². The lowest BCUT2D eigenvalue weighted by molar-refractivity contribution is 0.0196. The molecule has 0 aromatic heterocycles. The Morgan fingerprint density at radius 2 is 1.75 bits per heavy atom. The normalized spacial score (nSPS) is 21.3. The summed E-state index contributed by atoms with van der Waals surface area (Å²) in [6.07, 6.45) is 2.31. The summed E-state index contributed by atoms with van der Waals surface area (Å²) in [4.78, 5) is 0. The van der Waals surface area contributed by atoms with E-state index >= 15 is 0 Å². The maximum absolute atomic E-state index is 11.1.